The van der Waals surface area contributed by atoms with Gasteiger partial charge >= 0.3 is 6.03 Å². The van der Waals surface area contributed by atoms with Crippen molar-refractivity contribution >= 4 is 17.6 Å². The zero-order valence-corrected chi connectivity index (χ0v) is 19.3. The average molecular weight is 472 g/mol. The number of nitrogens with one attached hydrogen (secondary N) is 2. The quantitative estimate of drug-likeness (QED) is 0.714. The standard InChI is InChI=1S/C24H27F2N5O3/c1-14-4-5-16(17-8-11-27-31(3)22(17)33)12-19(14)28-21(32)18-13-30(2)23(34)29-20(18)15-6-9-24(25,26)10-7-15/h4-5,8,11-13,15,20H,6-7,9-10H2,1-3H3,(H,28,32)(H,29,34). The molecule has 4 rings (SSSR count). The molecule has 10 heteroatoms. The van der Waals surface area contributed by atoms with Crippen LogP contribution in [0.5, 0.6) is 0 Å². The topological polar surface area (TPSA) is 96.3 Å². The summed E-state index contributed by atoms with van der Waals surface area (Å²) in [6.07, 6.45) is 2.88. The number of hydrogen-bond donors (Lipinski definition) is 2. The molecule has 0 bridgehead atoms. The minimum atomic E-state index is -2.71. The lowest BCUT2D eigenvalue weighted by Crippen LogP contribution is -2.53. The molecule has 1 aromatic carbocycles. The summed E-state index contributed by atoms with van der Waals surface area (Å²) in [5.74, 6) is -3.40. The summed E-state index contributed by atoms with van der Waals surface area (Å²) in [6.45, 7) is 1.83. The Kier molecular flexibility index (Phi) is 6.24. The number of anilines is 1. The number of aryl methyl sites for hydroxylation is 2. The molecule has 1 fully saturated rings. The van der Waals surface area contributed by atoms with E-state index in [0.29, 0.717) is 22.4 Å². The zero-order chi connectivity index (χ0) is 24.6. The van der Waals surface area contributed by atoms with Crippen LogP contribution in [0.1, 0.15) is 31.2 Å². The van der Waals surface area contributed by atoms with Crippen molar-refractivity contribution in [3.05, 3.63) is 58.2 Å². The van der Waals surface area contributed by atoms with Gasteiger partial charge in [-0.05, 0) is 48.9 Å². The molecule has 2 aromatic rings. The van der Waals surface area contributed by atoms with Crippen molar-refractivity contribution in [3.8, 4) is 11.1 Å². The van der Waals surface area contributed by atoms with E-state index in [-0.39, 0.29) is 43.2 Å². The first-order valence-corrected chi connectivity index (χ1v) is 11.1. The van der Waals surface area contributed by atoms with Crippen LogP contribution in [-0.2, 0) is 11.8 Å². The Morgan fingerprint density at radius 2 is 1.88 bits per heavy atom. The molecule has 1 aliphatic carbocycles. The van der Waals surface area contributed by atoms with Gasteiger partial charge in [0.15, 0.2) is 0 Å². The number of benzene rings is 1. The van der Waals surface area contributed by atoms with E-state index in [1.807, 2.05) is 6.92 Å². The van der Waals surface area contributed by atoms with E-state index in [2.05, 4.69) is 15.7 Å². The van der Waals surface area contributed by atoms with Crippen molar-refractivity contribution < 1.29 is 18.4 Å². The first-order chi connectivity index (χ1) is 16.1. The number of hydrogen-bond acceptors (Lipinski definition) is 4. The highest BCUT2D eigenvalue weighted by Gasteiger charge is 2.41. The van der Waals surface area contributed by atoms with Crippen LogP contribution in [0.25, 0.3) is 11.1 Å². The molecular weight excluding hydrogens is 444 g/mol. The SMILES string of the molecule is Cc1ccc(-c2ccnn(C)c2=O)cc1NC(=O)C1=CN(C)C(=O)NC1C1CCC(F)(F)CC1. The summed E-state index contributed by atoms with van der Waals surface area (Å²) < 4.78 is 28.6. The number of urea groups is 1. The normalized spacial score (nSPS) is 20.5. The Hall–Kier alpha value is -3.56. The first kappa shape index (κ1) is 23.6. The van der Waals surface area contributed by atoms with Gasteiger partial charge in [0.25, 0.3) is 11.5 Å². The Morgan fingerprint density at radius 3 is 2.59 bits per heavy atom. The minimum Gasteiger partial charge on any atom is -0.330 e. The van der Waals surface area contributed by atoms with E-state index in [0.717, 1.165) is 5.56 Å². The van der Waals surface area contributed by atoms with Crippen molar-refractivity contribution in [3.63, 3.8) is 0 Å². The van der Waals surface area contributed by atoms with Crippen molar-refractivity contribution in [1.82, 2.24) is 20.0 Å². The monoisotopic (exact) mass is 471 g/mol. The van der Waals surface area contributed by atoms with Crippen LogP contribution in [0.3, 0.4) is 0 Å². The number of halogens is 2. The maximum Gasteiger partial charge on any atom is 0.321 e. The zero-order valence-electron chi connectivity index (χ0n) is 19.3. The van der Waals surface area contributed by atoms with Gasteiger partial charge in [0.1, 0.15) is 0 Å². The van der Waals surface area contributed by atoms with Crippen LogP contribution in [0, 0.1) is 12.8 Å². The van der Waals surface area contributed by atoms with Gasteiger partial charge in [0.2, 0.25) is 5.92 Å². The lowest BCUT2D eigenvalue weighted by molar-refractivity contribution is -0.113. The van der Waals surface area contributed by atoms with E-state index in [1.54, 1.807) is 31.3 Å². The van der Waals surface area contributed by atoms with E-state index in [4.69, 9.17) is 0 Å². The third-order valence-electron chi connectivity index (χ3n) is 6.56. The Morgan fingerprint density at radius 1 is 1.18 bits per heavy atom. The number of rotatable bonds is 4. The van der Waals surface area contributed by atoms with Crippen LogP contribution < -0.4 is 16.2 Å². The molecule has 2 heterocycles. The number of aromatic nitrogens is 2. The molecule has 1 atom stereocenters. The average Bonchev–Trinajstić information content (AvgIpc) is 2.79. The number of carbonyl (C=O) groups is 2. The number of amides is 3. The number of carbonyl (C=O) groups excluding carboxylic acids is 2. The molecule has 0 spiro atoms. The van der Waals surface area contributed by atoms with Crippen LogP contribution >= 0.6 is 0 Å². The molecule has 1 unspecified atom stereocenters. The summed E-state index contributed by atoms with van der Waals surface area (Å²) >= 11 is 0. The maximum absolute atomic E-state index is 13.7. The first-order valence-electron chi connectivity index (χ1n) is 11.1. The van der Waals surface area contributed by atoms with Gasteiger partial charge in [-0.2, -0.15) is 5.10 Å². The van der Waals surface area contributed by atoms with Crippen LogP contribution in [0.4, 0.5) is 19.3 Å². The molecule has 2 N–H and O–H groups in total. The smallest absolute Gasteiger partial charge is 0.321 e. The fourth-order valence-corrected chi connectivity index (χ4v) is 4.47. The third kappa shape index (κ3) is 4.71. The van der Waals surface area contributed by atoms with E-state index in [1.165, 1.54) is 29.0 Å². The molecule has 1 saturated carbocycles. The van der Waals surface area contributed by atoms with Crippen LogP contribution in [0.15, 0.2) is 47.0 Å². The van der Waals surface area contributed by atoms with Gasteiger partial charge in [-0.15, -0.1) is 0 Å². The highest BCUT2D eigenvalue weighted by Crippen LogP contribution is 2.39. The van der Waals surface area contributed by atoms with Crippen molar-refractivity contribution in [2.45, 2.75) is 44.6 Å². The highest BCUT2D eigenvalue weighted by atomic mass is 19.3. The highest BCUT2D eigenvalue weighted by molar-refractivity contribution is 6.06. The predicted molar refractivity (Wildman–Crippen MR) is 123 cm³/mol. The van der Waals surface area contributed by atoms with E-state index >= 15 is 0 Å². The fourth-order valence-electron chi connectivity index (χ4n) is 4.47. The van der Waals surface area contributed by atoms with Gasteiger partial charge in [-0.25, -0.2) is 18.3 Å². The summed E-state index contributed by atoms with van der Waals surface area (Å²) in [7, 11) is 3.09. The van der Waals surface area contributed by atoms with E-state index in [9.17, 15) is 23.2 Å². The van der Waals surface area contributed by atoms with Gasteiger partial charge in [-0.1, -0.05) is 12.1 Å². The Bertz CT molecular complexity index is 1210. The molecule has 0 radical (unpaired) electrons. The molecule has 2 aliphatic rings. The van der Waals surface area contributed by atoms with Gasteiger partial charge in [0, 0.05) is 45.0 Å². The Labute approximate surface area is 195 Å². The van der Waals surface area contributed by atoms with E-state index < -0.39 is 17.9 Å². The van der Waals surface area contributed by atoms with Crippen molar-refractivity contribution in [2.75, 3.05) is 12.4 Å². The van der Waals surface area contributed by atoms with Gasteiger partial charge in [0.05, 0.1) is 17.2 Å². The number of nitrogens with zero attached hydrogens (tertiary/aromatic N) is 3. The fraction of sp³-hybridized carbons (Fsp3) is 0.417. The molecule has 34 heavy (non-hydrogen) atoms. The minimum absolute atomic E-state index is 0.214. The third-order valence-corrected chi connectivity index (χ3v) is 6.56. The molecule has 180 valence electrons. The maximum atomic E-state index is 13.7. The molecule has 3 amide bonds. The molecule has 1 aliphatic heterocycles. The van der Waals surface area contributed by atoms with Gasteiger partial charge in [-0.3, -0.25) is 9.59 Å². The second-order valence-corrected chi connectivity index (χ2v) is 8.97. The van der Waals surface area contributed by atoms with Crippen molar-refractivity contribution in [2.24, 2.45) is 13.0 Å². The summed E-state index contributed by atoms with van der Waals surface area (Å²) in [5, 5.41) is 9.62. The summed E-state index contributed by atoms with van der Waals surface area (Å²) in [5.41, 5.74) is 2.40. The summed E-state index contributed by atoms with van der Waals surface area (Å²) in [4.78, 5) is 39.4. The second-order valence-electron chi connectivity index (χ2n) is 8.97. The molecule has 1 aromatic heterocycles. The largest absolute Gasteiger partial charge is 0.330 e. The lowest BCUT2D eigenvalue weighted by atomic mass is 9.79. The molecule has 8 nitrogen and oxygen atoms in total. The predicted octanol–water partition coefficient (Wildman–Crippen LogP) is 3.43. The number of alkyl halides is 2. The molecular formula is C24H27F2N5O3. The molecule has 0 saturated heterocycles. The van der Waals surface area contributed by atoms with Gasteiger partial charge < -0.3 is 15.5 Å². The van der Waals surface area contributed by atoms with Crippen molar-refractivity contribution in [1.29, 1.82) is 0 Å². The van der Waals surface area contributed by atoms with Crippen LogP contribution in [-0.4, -0.2) is 45.6 Å². The van der Waals surface area contributed by atoms with Crippen LogP contribution in [0.2, 0.25) is 0 Å². The summed E-state index contributed by atoms with van der Waals surface area (Å²) in [6, 6.07) is 5.88. The second kappa shape index (κ2) is 9.00. The lowest BCUT2D eigenvalue weighted by Gasteiger charge is -2.38. The Balaban J connectivity index is 1.61.